The van der Waals surface area contributed by atoms with Gasteiger partial charge in [-0.15, -0.1) is 0 Å². The van der Waals surface area contributed by atoms with Gasteiger partial charge in [0.15, 0.2) is 0 Å². The Balaban J connectivity index is 2.25. The summed E-state index contributed by atoms with van der Waals surface area (Å²) < 4.78 is 10.9. The molecule has 1 saturated carbocycles. The van der Waals surface area contributed by atoms with E-state index in [4.69, 9.17) is 15.0 Å². The molecule has 1 aromatic heterocycles. The van der Waals surface area contributed by atoms with Gasteiger partial charge in [0, 0.05) is 7.11 Å². The Morgan fingerprint density at radius 1 is 1.29 bits per heavy atom. The zero-order valence-corrected chi connectivity index (χ0v) is 10.6. The van der Waals surface area contributed by atoms with Crippen LogP contribution in [0.25, 0.3) is 0 Å². The first kappa shape index (κ1) is 12.5. The van der Waals surface area contributed by atoms with Crippen LogP contribution in [-0.2, 0) is 10.3 Å². The van der Waals surface area contributed by atoms with E-state index in [1.54, 1.807) is 7.11 Å². The number of hydrogen-bond donors (Lipinski definition) is 1. The molecule has 1 fully saturated rings. The molecule has 0 saturated heterocycles. The third-order valence-electron chi connectivity index (χ3n) is 3.54. The van der Waals surface area contributed by atoms with Crippen LogP contribution in [0.4, 0.5) is 0 Å². The highest BCUT2D eigenvalue weighted by atomic mass is 16.5. The Hall–Kier alpha value is -0.940. The van der Waals surface area contributed by atoms with Crippen molar-refractivity contribution < 1.29 is 9.26 Å². The van der Waals surface area contributed by atoms with E-state index in [9.17, 15) is 0 Å². The third-order valence-corrected chi connectivity index (χ3v) is 3.54. The van der Waals surface area contributed by atoms with Gasteiger partial charge in [0.2, 0.25) is 11.7 Å². The van der Waals surface area contributed by atoms with Crippen molar-refractivity contribution in [3.05, 3.63) is 11.7 Å². The van der Waals surface area contributed by atoms with Crippen LogP contribution in [0.3, 0.4) is 0 Å². The summed E-state index contributed by atoms with van der Waals surface area (Å²) >= 11 is 0. The predicted molar refractivity (Wildman–Crippen MR) is 63.3 cm³/mol. The summed E-state index contributed by atoms with van der Waals surface area (Å²) in [6.45, 7) is 1.84. The number of rotatable bonds is 3. The number of aromatic nitrogens is 2. The van der Waals surface area contributed by atoms with E-state index in [0.29, 0.717) is 11.7 Å². The van der Waals surface area contributed by atoms with Gasteiger partial charge in [0.05, 0.1) is 6.04 Å². The molecule has 5 nitrogen and oxygen atoms in total. The molecule has 0 unspecified atom stereocenters. The van der Waals surface area contributed by atoms with E-state index >= 15 is 0 Å². The molecule has 0 radical (unpaired) electrons. The lowest BCUT2D eigenvalue weighted by atomic mass is 9.93. The lowest BCUT2D eigenvalue weighted by molar-refractivity contribution is -0.0365. The fourth-order valence-corrected chi connectivity index (χ4v) is 2.42. The van der Waals surface area contributed by atoms with Crippen LogP contribution >= 0.6 is 0 Å². The second-order valence-corrected chi connectivity index (χ2v) is 4.86. The summed E-state index contributed by atoms with van der Waals surface area (Å²) in [7, 11) is 1.73. The van der Waals surface area contributed by atoms with Crippen LogP contribution in [-0.4, -0.2) is 17.3 Å². The summed E-state index contributed by atoms with van der Waals surface area (Å²) in [6.07, 6.45) is 6.72. The molecular weight excluding hydrogens is 218 g/mol. The number of nitrogens with zero attached hydrogens (tertiary/aromatic N) is 2. The van der Waals surface area contributed by atoms with E-state index in [0.717, 1.165) is 25.7 Å². The first-order chi connectivity index (χ1) is 8.18. The van der Waals surface area contributed by atoms with Gasteiger partial charge in [-0.2, -0.15) is 4.98 Å². The molecule has 0 aromatic carbocycles. The first-order valence-electron chi connectivity index (χ1n) is 6.33. The maximum atomic E-state index is 5.73. The second-order valence-electron chi connectivity index (χ2n) is 4.86. The fraction of sp³-hybridized carbons (Fsp3) is 0.833. The van der Waals surface area contributed by atoms with Crippen molar-refractivity contribution in [1.29, 1.82) is 0 Å². The largest absolute Gasteiger partial charge is 0.370 e. The highest BCUT2D eigenvalue weighted by molar-refractivity contribution is 5.03. The Morgan fingerprint density at radius 2 is 1.94 bits per heavy atom. The fourth-order valence-electron chi connectivity index (χ4n) is 2.42. The third kappa shape index (κ3) is 2.50. The maximum absolute atomic E-state index is 5.73. The summed E-state index contributed by atoms with van der Waals surface area (Å²) in [4.78, 5) is 4.39. The van der Waals surface area contributed by atoms with Crippen molar-refractivity contribution in [2.75, 3.05) is 7.11 Å². The highest BCUT2D eigenvalue weighted by Crippen LogP contribution is 2.37. The normalized spacial score (nSPS) is 22.1. The summed E-state index contributed by atoms with van der Waals surface area (Å²) in [5, 5.41) is 4.05. The van der Waals surface area contributed by atoms with E-state index in [1.807, 2.05) is 6.92 Å². The van der Waals surface area contributed by atoms with E-state index < -0.39 is 0 Å². The molecule has 1 aliphatic carbocycles. The van der Waals surface area contributed by atoms with Crippen LogP contribution in [0, 0.1) is 0 Å². The number of ether oxygens (including phenoxy) is 1. The number of nitrogens with two attached hydrogens (primary N) is 1. The first-order valence-corrected chi connectivity index (χ1v) is 6.33. The summed E-state index contributed by atoms with van der Waals surface area (Å²) in [6, 6.07) is -0.226. The minimum atomic E-state index is -0.368. The van der Waals surface area contributed by atoms with Crippen molar-refractivity contribution >= 4 is 0 Å². The van der Waals surface area contributed by atoms with Gasteiger partial charge in [-0.1, -0.05) is 30.8 Å². The standard InChI is InChI=1S/C12H21N3O2/c1-9(13)10-14-11(15-17-10)12(16-2)7-5-3-4-6-8-12/h9H,3-8,13H2,1-2H3/t9-/m0/s1. The Kier molecular flexibility index (Phi) is 3.79. The predicted octanol–water partition coefficient (Wildman–Crippen LogP) is 2.29. The van der Waals surface area contributed by atoms with Crippen LogP contribution in [0.5, 0.6) is 0 Å². The summed E-state index contributed by atoms with van der Waals surface area (Å²) in [5.74, 6) is 1.15. The van der Waals surface area contributed by atoms with Crippen molar-refractivity contribution in [1.82, 2.24) is 10.1 Å². The van der Waals surface area contributed by atoms with Crippen molar-refractivity contribution in [3.8, 4) is 0 Å². The maximum Gasteiger partial charge on any atom is 0.243 e. The average Bonchev–Trinajstić information content (AvgIpc) is 2.70. The molecule has 1 atom stereocenters. The zero-order chi connectivity index (χ0) is 12.3. The smallest absolute Gasteiger partial charge is 0.243 e. The van der Waals surface area contributed by atoms with Gasteiger partial charge in [-0.3, -0.25) is 0 Å². The molecule has 0 aliphatic heterocycles. The monoisotopic (exact) mass is 239 g/mol. The molecule has 0 amide bonds. The number of methoxy groups -OCH3 is 1. The van der Waals surface area contributed by atoms with E-state index in [-0.39, 0.29) is 11.6 Å². The quantitative estimate of drug-likeness (QED) is 0.819. The molecule has 1 heterocycles. The molecule has 2 N–H and O–H groups in total. The summed E-state index contributed by atoms with van der Waals surface area (Å²) in [5.41, 5.74) is 5.37. The van der Waals surface area contributed by atoms with Crippen LogP contribution in [0.2, 0.25) is 0 Å². The molecule has 0 spiro atoms. The molecule has 5 heteroatoms. The SMILES string of the molecule is COC1(c2noc([C@H](C)N)n2)CCCCCC1. The van der Waals surface area contributed by atoms with Crippen molar-refractivity contribution in [2.45, 2.75) is 57.1 Å². The zero-order valence-electron chi connectivity index (χ0n) is 10.6. The minimum absolute atomic E-state index is 0.226. The van der Waals surface area contributed by atoms with Gasteiger partial charge < -0.3 is 15.0 Å². The lowest BCUT2D eigenvalue weighted by Crippen LogP contribution is -2.29. The average molecular weight is 239 g/mol. The van der Waals surface area contributed by atoms with Crippen LogP contribution in [0.1, 0.15) is 63.2 Å². The van der Waals surface area contributed by atoms with Crippen LogP contribution in [0.15, 0.2) is 4.52 Å². The van der Waals surface area contributed by atoms with Crippen molar-refractivity contribution in [2.24, 2.45) is 5.73 Å². The van der Waals surface area contributed by atoms with Gasteiger partial charge in [-0.25, -0.2) is 0 Å². The lowest BCUT2D eigenvalue weighted by Gasteiger charge is -2.27. The Morgan fingerprint density at radius 3 is 2.41 bits per heavy atom. The molecule has 1 aliphatic rings. The topological polar surface area (TPSA) is 74.2 Å². The highest BCUT2D eigenvalue weighted by Gasteiger charge is 2.37. The molecule has 1 aromatic rings. The Bertz CT molecular complexity index is 354. The molecule has 2 rings (SSSR count). The molecular formula is C12H21N3O2. The Labute approximate surface area is 102 Å². The van der Waals surface area contributed by atoms with Gasteiger partial charge in [-0.05, 0) is 19.8 Å². The van der Waals surface area contributed by atoms with Gasteiger partial charge in [0.25, 0.3) is 0 Å². The molecule has 96 valence electrons. The minimum Gasteiger partial charge on any atom is -0.370 e. The molecule has 0 bridgehead atoms. The van der Waals surface area contributed by atoms with Gasteiger partial charge in [0.1, 0.15) is 5.60 Å². The number of hydrogen-bond acceptors (Lipinski definition) is 5. The molecule has 17 heavy (non-hydrogen) atoms. The van der Waals surface area contributed by atoms with Gasteiger partial charge >= 0.3 is 0 Å². The second kappa shape index (κ2) is 5.14. The van der Waals surface area contributed by atoms with Crippen LogP contribution < -0.4 is 5.73 Å². The van der Waals surface area contributed by atoms with E-state index in [1.165, 1.54) is 12.8 Å². The van der Waals surface area contributed by atoms with Crippen molar-refractivity contribution in [3.63, 3.8) is 0 Å². The van der Waals surface area contributed by atoms with E-state index in [2.05, 4.69) is 10.1 Å².